The Labute approximate surface area is 184 Å². The average molecular weight is 418 g/mol. The molecule has 5 rings (SSSR count). The van der Waals surface area contributed by atoms with Gasteiger partial charge in [0.2, 0.25) is 0 Å². The van der Waals surface area contributed by atoms with Crippen LogP contribution >= 0.6 is 0 Å². The first-order chi connectivity index (χ1) is 15.6. The van der Waals surface area contributed by atoms with Crippen LogP contribution in [0.15, 0.2) is 85.3 Å². The summed E-state index contributed by atoms with van der Waals surface area (Å²) in [5.41, 5.74) is 6.62. The van der Waals surface area contributed by atoms with Gasteiger partial charge in [0.05, 0.1) is 29.0 Å². The van der Waals surface area contributed by atoms with Crippen molar-refractivity contribution in [1.82, 2.24) is 19.8 Å². The van der Waals surface area contributed by atoms with Gasteiger partial charge < -0.3 is 4.90 Å². The van der Waals surface area contributed by atoms with Crippen molar-refractivity contribution >= 4 is 17.1 Å². The molecule has 7 heteroatoms. The van der Waals surface area contributed by atoms with Crippen LogP contribution in [-0.2, 0) is 0 Å². The first-order valence-electron chi connectivity index (χ1n) is 10.00. The van der Waals surface area contributed by atoms with Crippen molar-refractivity contribution in [3.05, 3.63) is 96.4 Å². The summed E-state index contributed by atoms with van der Waals surface area (Å²) in [5.74, 6) is -0.140. The van der Waals surface area contributed by atoms with E-state index in [2.05, 4.69) is 21.4 Å². The Morgan fingerprint density at radius 3 is 2.47 bits per heavy atom. The highest BCUT2D eigenvalue weighted by Gasteiger charge is 2.16. The Morgan fingerprint density at radius 2 is 1.78 bits per heavy atom. The maximum absolute atomic E-state index is 13.1. The number of nitrogens with one attached hydrogen (secondary N) is 1. The van der Waals surface area contributed by atoms with Crippen LogP contribution in [0.5, 0.6) is 0 Å². The molecule has 0 bridgehead atoms. The number of hydrogen-bond acceptors (Lipinski definition) is 4. The van der Waals surface area contributed by atoms with Gasteiger partial charge in [0.25, 0.3) is 5.91 Å². The molecule has 154 valence electrons. The second kappa shape index (κ2) is 7.85. The zero-order valence-electron chi connectivity index (χ0n) is 17.2. The molecule has 0 spiro atoms. The highest BCUT2D eigenvalue weighted by molar-refractivity contribution is 6.06. The third kappa shape index (κ3) is 3.40. The molecule has 0 saturated heterocycles. The molecule has 0 atom stereocenters. The first-order valence-corrected chi connectivity index (χ1v) is 10.00. The Balaban J connectivity index is 1.47. The van der Waals surface area contributed by atoms with Crippen molar-refractivity contribution in [3.8, 4) is 28.5 Å². The van der Waals surface area contributed by atoms with E-state index in [1.165, 1.54) is 0 Å². The number of nitriles is 1. The van der Waals surface area contributed by atoms with Gasteiger partial charge >= 0.3 is 0 Å². The quantitative estimate of drug-likeness (QED) is 0.464. The lowest BCUT2D eigenvalue weighted by Gasteiger charge is -2.17. The lowest BCUT2D eigenvalue weighted by Crippen LogP contribution is -2.26. The summed E-state index contributed by atoms with van der Waals surface area (Å²) < 4.78 is 1.76. The molecule has 0 saturated carbocycles. The van der Waals surface area contributed by atoms with Gasteiger partial charge in [0, 0.05) is 36.3 Å². The number of carbonyl (C=O) groups is 1. The monoisotopic (exact) mass is 418 g/mol. The molecular formula is C25H18N6O. The molecule has 0 unspecified atom stereocenters. The van der Waals surface area contributed by atoms with Crippen molar-refractivity contribution in [2.24, 2.45) is 0 Å². The van der Waals surface area contributed by atoms with Gasteiger partial charge in [0.15, 0.2) is 0 Å². The van der Waals surface area contributed by atoms with Gasteiger partial charge in [0.1, 0.15) is 0 Å². The van der Waals surface area contributed by atoms with E-state index in [1.54, 1.807) is 65.4 Å². The average Bonchev–Trinajstić information content (AvgIpc) is 3.53. The number of hydrogen-bond donors (Lipinski definition) is 1. The summed E-state index contributed by atoms with van der Waals surface area (Å²) in [6.45, 7) is 0. The van der Waals surface area contributed by atoms with E-state index in [0.29, 0.717) is 11.1 Å². The topological polar surface area (TPSA) is 90.1 Å². The van der Waals surface area contributed by atoms with Crippen molar-refractivity contribution in [3.63, 3.8) is 0 Å². The third-order valence-corrected chi connectivity index (χ3v) is 5.46. The fourth-order valence-electron chi connectivity index (χ4n) is 3.65. The summed E-state index contributed by atoms with van der Waals surface area (Å²) in [6, 6.07) is 22.7. The lowest BCUT2D eigenvalue weighted by atomic mass is 10.0. The predicted molar refractivity (Wildman–Crippen MR) is 122 cm³/mol. The van der Waals surface area contributed by atoms with E-state index >= 15 is 0 Å². The highest BCUT2D eigenvalue weighted by Crippen LogP contribution is 2.28. The number of H-pyrrole nitrogens is 1. The fraction of sp³-hybridized carbons (Fsp3) is 0.0400. The minimum absolute atomic E-state index is 0.140. The third-order valence-electron chi connectivity index (χ3n) is 5.46. The number of anilines is 1. The van der Waals surface area contributed by atoms with Crippen LogP contribution in [0, 0.1) is 11.3 Å². The van der Waals surface area contributed by atoms with Crippen LogP contribution in [0.2, 0.25) is 0 Å². The molecule has 0 aliphatic carbocycles. The van der Waals surface area contributed by atoms with E-state index in [0.717, 1.165) is 33.6 Å². The summed E-state index contributed by atoms with van der Waals surface area (Å²) in [5, 5.41) is 20.4. The molecule has 1 amide bonds. The van der Waals surface area contributed by atoms with E-state index in [1.807, 2.05) is 36.4 Å². The molecule has 0 aliphatic heterocycles. The number of carbonyl (C=O) groups excluding carboxylic acids is 1. The predicted octanol–water partition coefficient (Wildman–Crippen LogP) is 4.54. The largest absolute Gasteiger partial charge is 0.311 e. The summed E-state index contributed by atoms with van der Waals surface area (Å²) >= 11 is 0. The van der Waals surface area contributed by atoms with E-state index in [9.17, 15) is 4.79 Å². The number of amides is 1. The van der Waals surface area contributed by atoms with Crippen molar-refractivity contribution < 1.29 is 4.79 Å². The lowest BCUT2D eigenvalue weighted by molar-refractivity contribution is 0.0993. The molecule has 3 heterocycles. The van der Waals surface area contributed by atoms with E-state index < -0.39 is 0 Å². The standard InChI is InChI=1S/C25H18N6O/c1-30(21-8-2-17(15-26)3-9-21)25(32)20-11-13-31-24(14-20)22(16-28-31)18-4-6-19(7-5-18)23-10-12-27-29-23/h2-14,16H,1H3,(H,27,29). The Morgan fingerprint density at radius 1 is 1.03 bits per heavy atom. The van der Waals surface area contributed by atoms with Crippen molar-refractivity contribution in [2.45, 2.75) is 0 Å². The molecule has 7 nitrogen and oxygen atoms in total. The number of aromatic nitrogens is 4. The van der Waals surface area contributed by atoms with Crippen LogP contribution in [0.4, 0.5) is 5.69 Å². The summed E-state index contributed by atoms with van der Waals surface area (Å²) in [6.07, 6.45) is 5.32. The number of fused-ring (bicyclic) bond motifs is 1. The Bertz CT molecular complexity index is 1440. The SMILES string of the molecule is CN(C(=O)c1ccn2ncc(-c3ccc(-c4ccn[nH]4)cc3)c2c1)c1ccc(C#N)cc1. The maximum atomic E-state index is 13.1. The Hall–Kier alpha value is -4.70. The Kier molecular flexibility index (Phi) is 4.73. The van der Waals surface area contributed by atoms with Gasteiger partial charge in [-0.3, -0.25) is 9.89 Å². The van der Waals surface area contributed by atoms with Crippen LogP contribution in [0.25, 0.3) is 27.9 Å². The number of aromatic amines is 1. The van der Waals surface area contributed by atoms with Crippen LogP contribution in [-0.4, -0.2) is 32.8 Å². The second-order valence-corrected chi connectivity index (χ2v) is 7.37. The number of rotatable bonds is 4. The number of benzene rings is 2. The van der Waals surface area contributed by atoms with Crippen LogP contribution in [0.1, 0.15) is 15.9 Å². The van der Waals surface area contributed by atoms with Gasteiger partial charge in [-0.15, -0.1) is 0 Å². The molecule has 2 aromatic carbocycles. The number of pyridine rings is 1. The smallest absolute Gasteiger partial charge is 0.258 e. The minimum Gasteiger partial charge on any atom is -0.311 e. The zero-order valence-corrected chi connectivity index (χ0v) is 17.2. The maximum Gasteiger partial charge on any atom is 0.258 e. The van der Waals surface area contributed by atoms with Gasteiger partial charge in [-0.05, 0) is 53.6 Å². The molecule has 3 aromatic heterocycles. The second-order valence-electron chi connectivity index (χ2n) is 7.37. The number of nitrogens with zero attached hydrogens (tertiary/aromatic N) is 5. The molecular weight excluding hydrogens is 400 g/mol. The summed E-state index contributed by atoms with van der Waals surface area (Å²) in [7, 11) is 1.72. The highest BCUT2D eigenvalue weighted by atomic mass is 16.2. The molecule has 0 radical (unpaired) electrons. The fourth-order valence-corrected chi connectivity index (χ4v) is 3.65. The summed E-state index contributed by atoms with van der Waals surface area (Å²) in [4.78, 5) is 14.7. The van der Waals surface area contributed by atoms with Gasteiger partial charge in [-0.1, -0.05) is 24.3 Å². The molecule has 0 fully saturated rings. The normalized spacial score (nSPS) is 10.8. The van der Waals surface area contributed by atoms with Gasteiger partial charge in [-0.25, -0.2) is 4.52 Å². The minimum atomic E-state index is -0.140. The molecule has 32 heavy (non-hydrogen) atoms. The van der Waals surface area contributed by atoms with E-state index in [-0.39, 0.29) is 5.91 Å². The molecule has 0 aliphatic rings. The molecule has 5 aromatic rings. The van der Waals surface area contributed by atoms with Crippen molar-refractivity contribution in [2.75, 3.05) is 11.9 Å². The zero-order chi connectivity index (χ0) is 22.1. The first kappa shape index (κ1) is 19.3. The van der Waals surface area contributed by atoms with E-state index in [4.69, 9.17) is 5.26 Å². The van der Waals surface area contributed by atoms with Crippen molar-refractivity contribution in [1.29, 1.82) is 5.26 Å². The van der Waals surface area contributed by atoms with Crippen LogP contribution in [0.3, 0.4) is 0 Å². The molecule has 1 N–H and O–H groups in total. The van der Waals surface area contributed by atoms with Gasteiger partial charge in [-0.2, -0.15) is 15.5 Å². The van der Waals surface area contributed by atoms with Crippen LogP contribution < -0.4 is 4.90 Å².